The van der Waals surface area contributed by atoms with Crippen molar-refractivity contribution in [1.82, 2.24) is 19.2 Å². The van der Waals surface area contributed by atoms with Gasteiger partial charge in [0.1, 0.15) is 0 Å². The molecule has 3 heterocycles. The van der Waals surface area contributed by atoms with Crippen LogP contribution in [0.3, 0.4) is 0 Å². The zero-order valence-corrected chi connectivity index (χ0v) is 19.3. The van der Waals surface area contributed by atoms with Crippen molar-refractivity contribution >= 4 is 17.5 Å². The van der Waals surface area contributed by atoms with Gasteiger partial charge < -0.3 is 14.8 Å². The molecule has 0 saturated carbocycles. The molecule has 168 valence electrons. The van der Waals surface area contributed by atoms with E-state index < -0.39 is 0 Å². The molecule has 7 nitrogen and oxygen atoms in total. The van der Waals surface area contributed by atoms with E-state index in [9.17, 15) is 9.59 Å². The summed E-state index contributed by atoms with van der Waals surface area (Å²) in [4.78, 5) is 27.8. The zero-order valence-electron chi connectivity index (χ0n) is 19.3. The molecule has 3 aromatic rings. The van der Waals surface area contributed by atoms with Crippen LogP contribution in [0.1, 0.15) is 47.1 Å². The van der Waals surface area contributed by atoms with Crippen LogP contribution in [-0.4, -0.2) is 44.2 Å². The normalized spacial score (nSPS) is 14.6. The Kier molecular flexibility index (Phi) is 6.17. The molecule has 4 rings (SSSR count). The van der Waals surface area contributed by atoms with E-state index in [1.165, 1.54) is 5.56 Å². The zero-order chi connectivity index (χ0) is 22.8. The standard InChI is InChI=1S/C25H31N5O2/c1-5-29-16-21(15-26-29)27-24(31)20-9-11-28(12-10-20)25(32)23-14-18(3)30(19(23)4)22-8-6-7-17(2)13-22/h6-8,13-16,20H,5,9-12H2,1-4H3,(H,27,31). The molecule has 0 spiro atoms. The van der Waals surface area contributed by atoms with Crippen LogP contribution in [0.2, 0.25) is 0 Å². The minimum absolute atomic E-state index is 0.00498. The first-order valence-corrected chi connectivity index (χ1v) is 11.3. The van der Waals surface area contributed by atoms with E-state index in [0.29, 0.717) is 25.9 Å². The van der Waals surface area contributed by atoms with E-state index in [0.717, 1.165) is 34.9 Å². The summed E-state index contributed by atoms with van der Waals surface area (Å²) in [5.74, 6) is -0.0470. The molecule has 1 fully saturated rings. The molecule has 0 bridgehead atoms. The number of nitrogens with one attached hydrogen (secondary N) is 1. The number of rotatable bonds is 5. The largest absolute Gasteiger partial charge is 0.339 e. The highest BCUT2D eigenvalue weighted by Crippen LogP contribution is 2.25. The topological polar surface area (TPSA) is 72.2 Å². The third-order valence-electron chi connectivity index (χ3n) is 6.30. The first kappa shape index (κ1) is 21.9. The second-order valence-corrected chi connectivity index (χ2v) is 8.60. The van der Waals surface area contributed by atoms with E-state index in [2.05, 4.69) is 40.1 Å². The van der Waals surface area contributed by atoms with Crippen LogP contribution in [-0.2, 0) is 11.3 Å². The lowest BCUT2D eigenvalue weighted by Crippen LogP contribution is -2.41. The molecule has 0 aliphatic carbocycles. The quantitative estimate of drug-likeness (QED) is 0.658. The smallest absolute Gasteiger partial charge is 0.255 e. The number of hydrogen-bond donors (Lipinski definition) is 1. The number of aromatic nitrogens is 3. The number of likely N-dealkylation sites (tertiary alicyclic amines) is 1. The fourth-order valence-corrected chi connectivity index (χ4v) is 4.50. The number of benzene rings is 1. The van der Waals surface area contributed by atoms with Gasteiger partial charge in [-0.15, -0.1) is 0 Å². The van der Waals surface area contributed by atoms with Crippen molar-refractivity contribution in [3.63, 3.8) is 0 Å². The van der Waals surface area contributed by atoms with Gasteiger partial charge in [0.2, 0.25) is 5.91 Å². The van der Waals surface area contributed by atoms with Crippen molar-refractivity contribution in [1.29, 1.82) is 0 Å². The van der Waals surface area contributed by atoms with Crippen LogP contribution in [0.25, 0.3) is 5.69 Å². The van der Waals surface area contributed by atoms with Crippen molar-refractivity contribution in [3.05, 3.63) is 65.2 Å². The summed E-state index contributed by atoms with van der Waals surface area (Å²) in [6.45, 7) is 10.0. The van der Waals surface area contributed by atoms with Gasteiger partial charge in [0, 0.05) is 48.8 Å². The van der Waals surface area contributed by atoms with Crippen LogP contribution in [0.15, 0.2) is 42.7 Å². The van der Waals surface area contributed by atoms with Gasteiger partial charge in [-0.3, -0.25) is 14.3 Å². The van der Waals surface area contributed by atoms with E-state index in [-0.39, 0.29) is 17.7 Å². The molecule has 2 amide bonds. The Balaban J connectivity index is 1.41. The fraction of sp³-hybridized carbons (Fsp3) is 0.400. The van der Waals surface area contributed by atoms with Gasteiger partial charge in [0.05, 0.1) is 17.4 Å². The molecule has 0 atom stereocenters. The summed E-state index contributed by atoms with van der Waals surface area (Å²) < 4.78 is 3.92. The molecule has 1 N–H and O–H groups in total. The van der Waals surface area contributed by atoms with Crippen LogP contribution >= 0.6 is 0 Å². The monoisotopic (exact) mass is 433 g/mol. The van der Waals surface area contributed by atoms with Gasteiger partial charge in [-0.2, -0.15) is 5.10 Å². The van der Waals surface area contributed by atoms with Gasteiger partial charge in [-0.05, 0) is 64.3 Å². The maximum atomic E-state index is 13.3. The van der Waals surface area contributed by atoms with Crippen molar-refractivity contribution in [2.45, 2.75) is 47.1 Å². The second kappa shape index (κ2) is 9.02. The highest BCUT2D eigenvalue weighted by atomic mass is 16.2. The number of hydrogen-bond acceptors (Lipinski definition) is 3. The average molecular weight is 434 g/mol. The highest BCUT2D eigenvalue weighted by molar-refractivity contribution is 5.96. The number of aryl methyl sites for hydroxylation is 3. The van der Waals surface area contributed by atoms with E-state index >= 15 is 0 Å². The van der Waals surface area contributed by atoms with Crippen LogP contribution in [0, 0.1) is 26.7 Å². The van der Waals surface area contributed by atoms with Gasteiger partial charge in [0.25, 0.3) is 5.91 Å². The minimum Gasteiger partial charge on any atom is -0.339 e. The summed E-state index contributed by atoms with van der Waals surface area (Å²) in [7, 11) is 0. The Hall–Kier alpha value is -3.35. The molecule has 1 saturated heterocycles. The third kappa shape index (κ3) is 4.33. The van der Waals surface area contributed by atoms with Crippen molar-refractivity contribution in [3.8, 4) is 5.69 Å². The van der Waals surface area contributed by atoms with Crippen LogP contribution in [0.5, 0.6) is 0 Å². The fourth-order valence-electron chi connectivity index (χ4n) is 4.50. The highest BCUT2D eigenvalue weighted by Gasteiger charge is 2.29. The number of piperidine rings is 1. The van der Waals surface area contributed by atoms with Gasteiger partial charge in [0.15, 0.2) is 0 Å². The molecule has 0 radical (unpaired) electrons. The Morgan fingerprint density at radius 2 is 1.88 bits per heavy atom. The van der Waals surface area contributed by atoms with Crippen molar-refractivity contribution in [2.24, 2.45) is 5.92 Å². The van der Waals surface area contributed by atoms with E-state index in [1.54, 1.807) is 10.9 Å². The first-order chi connectivity index (χ1) is 15.4. The second-order valence-electron chi connectivity index (χ2n) is 8.60. The Morgan fingerprint density at radius 3 is 2.53 bits per heavy atom. The Labute approximate surface area is 189 Å². The summed E-state index contributed by atoms with van der Waals surface area (Å²) in [6, 6.07) is 10.3. The molecule has 7 heteroatoms. The number of anilines is 1. The number of amides is 2. The summed E-state index contributed by atoms with van der Waals surface area (Å²) in [6.07, 6.45) is 4.83. The first-order valence-electron chi connectivity index (χ1n) is 11.3. The molecular formula is C25H31N5O2. The summed E-state index contributed by atoms with van der Waals surface area (Å²) in [5.41, 5.74) is 5.70. The lowest BCUT2D eigenvalue weighted by atomic mass is 9.95. The van der Waals surface area contributed by atoms with Crippen LogP contribution < -0.4 is 5.32 Å². The Morgan fingerprint density at radius 1 is 1.12 bits per heavy atom. The summed E-state index contributed by atoms with van der Waals surface area (Å²) >= 11 is 0. The number of carbonyl (C=O) groups is 2. The predicted molar refractivity (Wildman–Crippen MR) is 125 cm³/mol. The van der Waals surface area contributed by atoms with Crippen LogP contribution in [0.4, 0.5) is 5.69 Å². The molecule has 2 aromatic heterocycles. The maximum absolute atomic E-state index is 13.3. The molecule has 1 aliphatic rings. The minimum atomic E-state index is -0.0937. The van der Waals surface area contributed by atoms with Gasteiger partial charge in [-0.25, -0.2) is 0 Å². The molecular weight excluding hydrogens is 402 g/mol. The average Bonchev–Trinajstić information content (AvgIpc) is 3.36. The van der Waals surface area contributed by atoms with E-state index in [4.69, 9.17) is 0 Å². The van der Waals surface area contributed by atoms with Gasteiger partial charge in [-0.1, -0.05) is 12.1 Å². The third-order valence-corrected chi connectivity index (χ3v) is 6.30. The number of carbonyl (C=O) groups excluding carboxylic acids is 2. The molecule has 32 heavy (non-hydrogen) atoms. The maximum Gasteiger partial charge on any atom is 0.255 e. The predicted octanol–water partition coefficient (Wildman–Crippen LogP) is 4.11. The molecule has 1 aromatic carbocycles. The summed E-state index contributed by atoms with van der Waals surface area (Å²) in [5, 5.41) is 7.15. The number of nitrogens with zero attached hydrogens (tertiary/aromatic N) is 4. The van der Waals surface area contributed by atoms with Crippen molar-refractivity contribution in [2.75, 3.05) is 18.4 Å². The molecule has 1 aliphatic heterocycles. The van der Waals surface area contributed by atoms with Gasteiger partial charge >= 0.3 is 0 Å². The Bertz CT molecular complexity index is 1140. The SMILES string of the molecule is CCn1cc(NC(=O)C2CCN(C(=O)c3cc(C)n(-c4cccc(C)c4)c3C)CC2)cn1. The van der Waals surface area contributed by atoms with E-state index in [1.807, 2.05) is 44.0 Å². The molecule has 0 unspecified atom stereocenters. The lowest BCUT2D eigenvalue weighted by Gasteiger charge is -2.31. The lowest BCUT2D eigenvalue weighted by molar-refractivity contribution is -0.121. The van der Waals surface area contributed by atoms with Crippen molar-refractivity contribution < 1.29 is 9.59 Å².